The Balaban J connectivity index is 1.74. The maximum Gasteiger partial charge on any atom is 0.337 e. The third-order valence-electron chi connectivity index (χ3n) is 5.00. The Morgan fingerprint density at radius 2 is 2.27 bits per heavy atom. The Hall–Kier alpha value is -1.86. The maximum absolute atomic E-state index is 12.1. The number of carbonyl (C=O) groups excluding carboxylic acids is 2. The Morgan fingerprint density at radius 3 is 2.95 bits per heavy atom. The van der Waals surface area contributed by atoms with Gasteiger partial charge in [0.05, 0.1) is 31.0 Å². The number of aliphatic hydroxyl groups excluding tert-OH is 1. The minimum atomic E-state index is -0.985. The van der Waals surface area contributed by atoms with E-state index in [4.69, 9.17) is 18.9 Å². The second-order valence-corrected chi connectivity index (χ2v) is 6.08. The summed E-state index contributed by atoms with van der Waals surface area (Å²) in [5, 5.41) is 9.87. The van der Waals surface area contributed by atoms with Crippen LogP contribution in [0.3, 0.4) is 0 Å². The van der Waals surface area contributed by atoms with E-state index in [0.717, 1.165) is 0 Å². The van der Waals surface area contributed by atoms with E-state index in [1.807, 2.05) is 6.08 Å². The monoisotopic (exact) mass is 308 g/mol. The van der Waals surface area contributed by atoms with E-state index in [-0.39, 0.29) is 11.8 Å². The van der Waals surface area contributed by atoms with Crippen LogP contribution in [-0.4, -0.2) is 48.3 Å². The summed E-state index contributed by atoms with van der Waals surface area (Å²) in [5.41, 5.74) is -0.612. The van der Waals surface area contributed by atoms with Crippen LogP contribution >= 0.6 is 0 Å². The molecule has 22 heavy (non-hydrogen) atoms. The molecule has 7 atom stereocenters. The number of hydrogen-bond donors (Lipinski definition) is 1. The molecule has 1 aliphatic carbocycles. The van der Waals surface area contributed by atoms with Gasteiger partial charge >= 0.3 is 11.9 Å². The SMILES string of the molecule is COC(=O)C1=CO[C@@H]2O[C@@H]3[C@@H]([C@@H](C)O)C(=O)O[C@]34C=C[C@H]1[C@H]24. The summed E-state index contributed by atoms with van der Waals surface area (Å²) < 4.78 is 21.7. The first-order valence-electron chi connectivity index (χ1n) is 7.19. The summed E-state index contributed by atoms with van der Waals surface area (Å²) in [5.74, 6) is -2.37. The van der Waals surface area contributed by atoms with E-state index in [1.54, 1.807) is 6.08 Å². The number of rotatable bonds is 2. The van der Waals surface area contributed by atoms with E-state index >= 15 is 0 Å². The Labute approximate surface area is 126 Å². The molecule has 3 aliphatic heterocycles. The van der Waals surface area contributed by atoms with Crippen molar-refractivity contribution in [1.82, 2.24) is 0 Å². The fraction of sp³-hybridized carbons (Fsp3) is 0.600. The van der Waals surface area contributed by atoms with Gasteiger partial charge in [-0.3, -0.25) is 4.79 Å². The van der Waals surface area contributed by atoms with Gasteiger partial charge in [-0.15, -0.1) is 0 Å². The summed E-state index contributed by atoms with van der Waals surface area (Å²) in [6, 6.07) is 0. The van der Waals surface area contributed by atoms with Crippen molar-refractivity contribution < 1.29 is 33.6 Å². The molecule has 2 fully saturated rings. The third kappa shape index (κ3) is 1.47. The topological polar surface area (TPSA) is 91.3 Å². The van der Waals surface area contributed by atoms with Crippen molar-refractivity contribution in [3.8, 4) is 0 Å². The zero-order valence-electron chi connectivity index (χ0n) is 12.1. The average molecular weight is 308 g/mol. The third-order valence-corrected chi connectivity index (χ3v) is 5.00. The molecule has 7 nitrogen and oxygen atoms in total. The van der Waals surface area contributed by atoms with Gasteiger partial charge in [-0.2, -0.15) is 0 Å². The van der Waals surface area contributed by atoms with Crippen molar-refractivity contribution >= 4 is 11.9 Å². The first kappa shape index (κ1) is 13.8. The first-order chi connectivity index (χ1) is 10.5. The second-order valence-electron chi connectivity index (χ2n) is 6.08. The average Bonchev–Trinajstić information content (AvgIpc) is 3.07. The standard InChI is InChI=1S/C15H16O7/c1-6(16)9-11-15(22-13(9)18)4-3-7-8(12(17)19-2)5-20-14(21-11)10(7)15/h3-7,9-11,14,16H,1-2H3/t6-,7-,9-,10-,11-,14-,15+/m1/s1. The van der Waals surface area contributed by atoms with Crippen LogP contribution in [0, 0.1) is 17.8 Å². The van der Waals surface area contributed by atoms with Gasteiger partial charge in [0.1, 0.15) is 12.0 Å². The molecule has 0 aromatic carbocycles. The highest BCUT2D eigenvalue weighted by atomic mass is 16.7. The fourth-order valence-electron chi connectivity index (χ4n) is 4.04. The van der Waals surface area contributed by atoms with Crippen molar-refractivity contribution in [2.75, 3.05) is 7.11 Å². The summed E-state index contributed by atoms with van der Waals surface area (Å²) in [7, 11) is 1.30. The van der Waals surface area contributed by atoms with Gasteiger partial charge in [0.25, 0.3) is 0 Å². The summed E-state index contributed by atoms with van der Waals surface area (Å²) >= 11 is 0. The lowest BCUT2D eigenvalue weighted by molar-refractivity contribution is -0.166. The number of esters is 2. The molecule has 118 valence electrons. The molecule has 0 radical (unpaired) electrons. The highest BCUT2D eigenvalue weighted by Crippen LogP contribution is 2.58. The smallest absolute Gasteiger partial charge is 0.337 e. The fourth-order valence-corrected chi connectivity index (χ4v) is 4.04. The molecule has 7 heteroatoms. The highest BCUT2D eigenvalue weighted by molar-refractivity contribution is 5.90. The Bertz CT molecular complexity index is 607. The minimum absolute atomic E-state index is 0.295. The summed E-state index contributed by atoms with van der Waals surface area (Å²) in [4.78, 5) is 24.0. The Kier molecular flexibility index (Phi) is 2.71. The number of methoxy groups -OCH3 is 1. The van der Waals surface area contributed by atoms with Crippen LogP contribution in [0.1, 0.15) is 6.92 Å². The molecular weight excluding hydrogens is 292 g/mol. The van der Waals surface area contributed by atoms with Crippen LogP contribution in [0.5, 0.6) is 0 Å². The molecule has 0 unspecified atom stereocenters. The van der Waals surface area contributed by atoms with Gasteiger partial charge in [0.2, 0.25) is 6.29 Å². The van der Waals surface area contributed by atoms with Crippen molar-refractivity contribution in [3.05, 3.63) is 24.0 Å². The van der Waals surface area contributed by atoms with Crippen LogP contribution in [-0.2, 0) is 28.5 Å². The van der Waals surface area contributed by atoms with Crippen LogP contribution in [0.25, 0.3) is 0 Å². The molecule has 1 N–H and O–H groups in total. The number of hydrogen-bond acceptors (Lipinski definition) is 7. The van der Waals surface area contributed by atoms with Crippen LogP contribution < -0.4 is 0 Å². The molecule has 0 saturated carbocycles. The lowest BCUT2D eigenvalue weighted by Crippen LogP contribution is -2.44. The van der Waals surface area contributed by atoms with E-state index < -0.39 is 42.0 Å². The highest BCUT2D eigenvalue weighted by Gasteiger charge is 2.72. The lowest BCUT2D eigenvalue weighted by Gasteiger charge is -2.32. The number of aliphatic hydroxyl groups is 1. The first-order valence-corrected chi connectivity index (χ1v) is 7.19. The largest absolute Gasteiger partial charge is 0.471 e. The molecular formula is C15H16O7. The minimum Gasteiger partial charge on any atom is -0.471 e. The van der Waals surface area contributed by atoms with E-state index in [2.05, 4.69) is 0 Å². The van der Waals surface area contributed by atoms with Crippen molar-refractivity contribution in [2.45, 2.75) is 31.0 Å². The van der Waals surface area contributed by atoms with Crippen LogP contribution in [0.2, 0.25) is 0 Å². The van der Waals surface area contributed by atoms with Gasteiger partial charge in [0, 0.05) is 5.92 Å². The number of carbonyl (C=O) groups is 2. The van der Waals surface area contributed by atoms with Gasteiger partial charge in [-0.25, -0.2) is 4.79 Å². The second kappa shape index (κ2) is 4.33. The molecule has 2 saturated heterocycles. The van der Waals surface area contributed by atoms with Crippen molar-refractivity contribution in [3.63, 3.8) is 0 Å². The Morgan fingerprint density at radius 1 is 1.50 bits per heavy atom. The van der Waals surface area contributed by atoms with E-state index in [0.29, 0.717) is 5.57 Å². The normalized spacial score (nSPS) is 45.5. The molecule has 4 rings (SSSR count). The molecule has 1 spiro atoms. The molecule has 0 bridgehead atoms. The van der Waals surface area contributed by atoms with E-state index in [1.165, 1.54) is 20.3 Å². The number of ether oxygens (including phenoxy) is 4. The van der Waals surface area contributed by atoms with Gasteiger partial charge in [-0.05, 0) is 13.0 Å². The molecule has 4 aliphatic rings. The predicted molar refractivity (Wildman–Crippen MR) is 70.0 cm³/mol. The summed E-state index contributed by atoms with van der Waals surface area (Å²) in [6.45, 7) is 1.53. The zero-order chi connectivity index (χ0) is 15.6. The lowest BCUT2D eigenvalue weighted by atomic mass is 9.77. The van der Waals surface area contributed by atoms with Gasteiger partial charge < -0.3 is 24.1 Å². The maximum atomic E-state index is 12.1. The number of allylic oxidation sites excluding steroid dienone is 1. The van der Waals surface area contributed by atoms with E-state index in [9.17, 15) is 14.7 Å². The molecule has 0 aromatic rings. The molecule has 3 heterocycles. The van der Waals surface area contributed by atoms with Crippen LogP contribution in [0.4, 0.5) is 0 Å². The quantitative estimate of drug-likeness (QED) is 0.562. The molecule has 0 aromatic heterocycles. The summed E-state index contributed by atoms with van der Waals surface area (Å²) in [6.07, 6.45) is 2.81. The van der Waals surface area contributed by atoms with Gasteiger partial charge in [0.15, 0.2) is 5.60 Å². The van der Waals surface area contributed by atoms with Crippen LogP contribution in [0.15, 0.2) is 24.0 Å². The predicted octanol–water partition coefficient (Wildman–Crippen LogP) is -0.107. The zero-order valence-corrected chi connectivity index (χ0v) is 12.1. The van der Waals surface area contributed by atoms with Crippen molar-refractivity contribution in [2.24, 2.45) is 17.8 Å². The van der Waals surface area contributed by atoms with Gasteiger partial charge in [-0.1, -0.05) is 6.08 Å². The molecule has 0 amide bonds. The van der Waals surface area contributed by atoms with Crippen molar-refractivity contribution in [1.29, 1.82) is 0 Å².